The van der Waals surface area contributed by atoms with Gasteiger partial charge in [0.1, 0.15) is 5.69 Å². The molecule has 4 heteroatoms. The SMILES string of the molecule is O=C(N/N=C/c1ccccc1)c1ccccn1. The van der Waals surface area contributed by atoms with Crippen molar-refractivity contribution in [2.75, 3.05) is 0 Å². The Hall–Kier alpha value is -2.49. The number of amides is 1. The molecule has 0 aliphatic carbocycles. The van der Waals surface area contributed by atoms with E-state index >= 15 is 0 Å². The second-order valence-corrected chi connectivity index (χ2v) is 3.32. The van der Waals surface area contributed by atoms with Crippen molar-refractivity contribution in [1.82, 2.24) is 10.4 Å². The van der Waals surface area contributed by atoms with Crippen LogP contribution in [0, 0.1) is 0 Å². The second kappa shape index (κ2) is 5.55. The van der Waals surface area contributed by atoms with Gasteiger partial charge in [-0.25, -0.2) is 5.43 Å². The number of rotatable bonds is 3. The zero-order valence-corrected chi connectivity index (χ0v) is 9.08. The fourth-order valence-electron chi connectivity index (χ4n) is 1.26. The lowest BCUT2D eigenvalue weighted by Gasteiger charge is -1.97. The number of hydrazone groups is 1. The third-order valence-electron chi connectivity index (χ3n) is 2.08. The maximum Gasteiger partial charge on any atom is 0.289 e. The Morgan fingerprint density at radius 2 is 1.88 bits per heavy atom. The molecule has 1 N–H and O–H groups in total. The van der Waals surface area contributed by atoms with Crippen LogP contribution in [0.2, 0.25) is 0 Å². The molecule has 0 bridgehead atoms. The van der Waals surface area contributed by atoms with Gasteiger partial charge in [0.15, 0.2) is 0 Å². The molecule has 0 spiro atoms. The van der Waals surface area contributed by atoms with Gasteiger partial charge in [0, 0.05) is 6.20 Å². The van der Waals surface area contributed by atoms with Crippen LogP contribution >= 0.6 is 0 Å². The summed E-state index contributed by atoms with van der Waals surface area (Å²) in [5, 5.41) is 3.85. The van der Waals surface area contributed by atoms with E-state index in [0.717, 1.165) is 5.56 Å². The molecule has 0 saturated carbocycles. The van der Waals surface area contributed by atoms with Gasteiger partial charge in [0.25, 0.3) is 5.91 Å². The fourth-order valence-corrected chi connectivity index (χ4v) is 1.26. The van der Waals surface area contributed by atoms with Crippen molar-refractivity contribution in [2.24, 2.45) is 5.10 Å². The van der Waals surface area contributed by atoms with E-state index < -0.39 is 0 Å². The minimum atomic E-state index is -0.321. The molecule has 1 aromatic carbocycles. The Bertz CT molecular complexity index is 509. The van der Waals surface area contributed by atoms with Crippen LogP contribution in [-0.2, 0) is 0 Å². The quantitative estimate of drug-likeness (QED) is 0.640. The first kappa shape index (κ1) is 11.0. The summed E-state index contributed by atoms with van der Waals surface area (Å²) < 4.78 is 0. The van der Waals surface area contributed by atoms with E-state index in [1.165, 1.54) is 0 Å². The summed E-state index contributed by atoms with van der Waals surface area (Å²) in [6.45, 7) is 0. The lowest BCUT2D eigenvalue weighted by molar-refractivity contribution is 0.0950. The van der Waals surface area contributed by atoms with Crippen molar-refractivity contribution in [1.29, 1.82) is 0 Å². The molecule has 17 heavy (non-hydrogen) atoms. The number of carbonyl (C=O) groups excluding carboxylic acids is 1. The highest BCUT2D eigenvalue weighted by Crippen LogP contribution is 1.94. The van der Waals surface area contributed by atoms with Crippen LogP contribution < -0.4 is 5.43 Å². The summed E-state index contributed by atoms with van der Waals surface area (Å²) in [5.74, 6) is -0.321. The van der Waals surface area contributed by atoms with E-state index in [2.05, 4.69) is 15.5 Å². The largest absolute Gasteiger partial charge is 0.289 e. The lowest BCUT2D eigenvalue weighted by atomic mass is 10.2. The van der Waals surface area contributed by atoms with Crippen molar-refractivity contribution in [2.45, 2.75) is 0 Å². The highest BCUT2D eigenvalue weighted by molar-refractivity contribution is 5.92. The summed E-state index contributed by atoms with van der Waals surface area (Å²) >= 11 is 0. The van der Waals surface area contributed by atoms with Crippen molar-refractivity contribution in [3.05, 3.63) is 66.0 Å². The van der Waals surface area contributed by atoms with Crippen molar-refractivity contribution < 1.29 is 4.79 Å². The molecule has 0 aliphatic heterocycles. The monoisotopic (exact) mass is 225 g/mol. The maximum atomic E-state index is 11.5. The van der Waals surface area contributed by atoms with Crippen molar-refractivity contribution >= 4 is 12.1 Å². The molecular weight excluding hydrogens is 214 g/mol. The van der Waals surface area contributed by atoms with Crippen LogP contribution in [0.4, 0.5) is 0 Å². The van der Waals surface area contributed by atoms with E-state index in [4.69, 9.17) is 0 Å². The molecule has 1 amide bonds. The maximum absolute atomic E-state index is 11.5. The Kier molecular flexibility index (Phi) is 3.60. The fraction of sp³-hybridized carbons (Fsp3) is 0. The number of hydrogen-bond acceptors (Lipinski definition) is 3. The van der Waals surface area contributed by atoms with Gasteiger partial charge >= 0.3 is 0 Å². The summed E-state index contributed by atoms with van der Waals surface area (Å²) in [6, 6.07) is 14.7. The Labute approximate surface area is 99.0 Å². The van der Waals surface area contributed by atoms with Crippen LogP contribution in [0.5, 0.6) is 0 Å². The molecule has 84 valence electrons. The molecule has 1 aromatic heterocycles. The van der Waals surface area contributed by atoms with Crippen molar-refractivity contribution in [3.8, 4) is 0 Å². The normalized spacial score (nSPS) is 10.4. The van der Waals surface area contributed by atoms with Gasteiger partial charge < -0.3 is 0 Å². The van der Waals surface area contributed by atoms with E-state index in [1.54, 1.807) is 30.6 Å². The van der Waals surface area contributed by atoms with E-state index in [1.807, 2.05) is 30.3 Å². The van der Waals surface area contributed by atoms with Gasteiger partial charge in [-0.15, -0.1) is 0 Å². The molecule has 0 radical (unpaired) electrons. The number of pyridine rings is 1. The van der Waals surface area contributed by atoms with Crippen LogP contribution in [0.25, 0.3) is 0 Å². The standard InChI is InChI=1S/C13H11N3O/c17-13(12-8-4-5-9-14-12)16-15-10-11-6-2-1-3-7-11/h1-10H,(H,16,17)/b15-10+. The summed E-state index contributed by atoms with van der Waals surface area (Å²) in [6.07, 6.45) is 3.15. The average Bonchev–Trinajstić information content (AvgIpc) is 2.41. The van der Waals surface area contributed by atoms with Gasteiger partial charge in [0.2, 0.25) is 0 Å². The first-order valence-electron chi connectivity index (χ1n) is 5.16. The van der Waals surface area contributed by atoms with Gasteiger partial charge in [-0.2, -0.15) is 5.10 Å². The first-order chi connectivity index (χ1) is 8.36. The average molecular weight is 225 g/mol. The number of benzene rings is 1. The zero-order valence-electron chi connectivity index (χ0n) is 9.08. The minimum Gasteiger partial charge on any atom is -0.266 e. The first-order valence-corrected chi connectivity index (χ1v) is 5.16. The summed E-state index contributed by atoms with van der Waals surface area (Å²) in [4.78, 5) is 15.5. The Balaban J connectivity index is 1.95. The summed E-state index contributed by atoms with van der Waals surface area (Å²) in [5.41, 5.74) is 3.69. The zero-order chi connectivity index (χ0) is 11.9. The molecule has 0 saturated heterocycles. The lowest BCUT2D eigenvalue weighted by Crippen LogP contribution is -2.18. The third-order valence-corrected chi connectivity index (χ3v) is 2.08. The Morgan fingerprint density at radius 3 is 2.59 bits per heavy atom. The summed E-state index contributed by atoms with van der Waals surface area (Å²) in [7, 11) is 0. The van der Waals surface area contributed by atoms with Gasteiger partial charge in [-0.05, 0) is 17.7 Å². The highest BCUT2D eigenvalue weighted by atomic mass is 16.2. The molecule has 0 unspecified atom stereocenters. The molecular formula is C13H11N3O. The molecule has 0 fully saturated rings. The molecule has 2 rings (SSSR count). The second-order valence-electron chi connectivity index (χ2n) is 3.32. The number of nitrogens with one attached hydrogen (secondary N) is 1. The van der Waals surface area contributed by atoms with Crippen LogP contribution in [0.15, 0.2) is 59.8 Å². The van der Waals surface area contributed by atoms with Crippen LogP contribution in [-0.4, -0.2) is 17.1 Å². The number of aromatic nitrogens is 1. The predicted molar refractivity (Wildman–Crippen MR) is 65.7 cm³/mol. The predicted octanol–water partition coefficient (Wildman–Crippen LogP) is 1.85. The molecule has 0 atom stereocenters. The van der Waals surface area contributed by atoms with Crippen LogP contribution in [0.3, 0.4) is 0 Å². The van der Waals surface area contributed by atoms with Crippen LogP contribution in [0.1, 0.15) is 16.1 Å². The van der Waals surface area contributed by atoms with E-state index in [9.17, 15) is 4.79 Å². The van der Waals surface area contributed by atoms with Gasteiger partial charge in [-0.1, -0.05) is 36.4 Å². The van der Waals surface area contributed by atoms with Crippen molar-refractivity contribution in [3.63, 3.8) is 0 Å². The number of hydrogen-bond donors (Lipinski definition) is 1. The third kappa shape index (κ3) is 3.24. The van der Waals surface area contributed by atoms with Gasteiger partial charge in [0.05, 0.1) is 6.21 Å². The highest BCUT2D eigenvalue weighted by Gasteiger charge is 2.02. The number of nitrogens with zero attached hydrogens (tertiary/aromatic N) is 2. The number of carbonyl (C=O) groups is 1. The smallest absolute Gasteiger partial charge is 0.266 e. The minimum absolute atomic E-state index is 0.321. The molecule has 4 nitrogen and oxygen atoms in total. The Morgan fingerprint density at radius 1 is 1.12 bits per heavy atom. The van der Waals surface area contributed by atoms with E-state index in [-0.39, 0.29) is 5.91 Å². The van der Waals surface area contributed by atoms with Gasteiger partial charge in [-0.3, -0.25) is 9.78 Å². The van der Waals surface area contributed by atoms with E-state index in [0.29, 0.717) is 5.69 Å². The molecule has 0 aliphatic rings. The molecule has 1 heterocycles. The molecule has 2 aromatic rings. The topological polar surface area (TPSA) is 54.4 Å².